The van der Waals surface area contributed by atoms with Crippen LogP contribution in [0.4, 0.5) is 4.79 Å². The standard InChI is InChI=1S/C17H24N4O4S/c1-9-11(8-18-21(16(24)25)17(2,3)4)26-14-12(9)13(22)20(10-6-7-10)15(23)19(14)5/h10,18H,6-8H2,1-5H3,(H,24,25). The van der Waals surface area contributed by atoms with E-state index in [0.29, 0.717) is 10.2 Å². The van der Waals surface area contributed by atoms with Crippen LogP contribution >= 0.6 is 11.3 Å². The number of amides is 1. The second kappa shape index (κ2) is 6.24. The van der Waals surface area contributed by atoms with Crippen LogP contribution in [0.25, 0.3) is 10.2 Å². The van der Waals surface area contributed by atoms with E-state index in [9.17, 15) is 19.5 Å². The van der Waals surface area contributed by atoms with E-state index in [0.717, 1.165) is 28.3 Å². The fourth-order valence-corrected chi connectivity index (χ4v) is 4.24. The Morgan fingerprint density at radius 1 is 1.35 bits per heavy atom. The van der Waals surface area contributed by atoms with Crippen LogP contribution in [0.5, 0.6) is 0 Å². The van der Waals surface area contributed by atoms with Gasteiger partial charge in [-0.25, -0.2) is 20.0 Å². The maximum Gasteiger partial charge on any atom is 0.422 e. The molecule has 2 heterocycles. The van der Waals surface area contributed by atoms with E-state index >= 15 is 0 Å². The van der Waals surface area contributed by atoms with Crippen LogP contribution in [-0.2, 0) is 13.6 Å². The van der Waals surface area contributed by atoms with Crippen molar-refractivity contribution in [2.75, 3.05) is 0 Å². The molecule has 0 aliphatic heterocycles. The molecule has 1 amide bonds. The van der Waals surface area contributed by atoms with Gasteiger partial charge in [-0.1, -0.05) is 0 Å². The molecular weight excluding hydrogens is 356 g/mol. The van der Waals surface area contributed by atoms with Gasteiger partial charge < -0.3 is 5.11 Å². The van der Waals surface area contributed by atoms with Gasteiger partial charge in [0.25, 0.3) is 5.56 Å². The van der Waals surface area contributed by atoms with Crippen molar-refractivity contribution in [1.82, 2.24) is 19.6 Å². The Morgan fingerprint density at radius 3 is 2.46 bits per heavy atom. The zero-order valence-electron chi connectivity index (χ0n) is 15.6. The van der Waals surface area contributed by atoms with Gasteiger partial charge in [-0.15, -0.1) is 11.3 Å². The zero-order chi connectivity index (χ0) is 19.4. The number of hydrogen-bond acceptors (Lipinski definition) is 5. The summed E-state index contributed by atoms with van der Waals surface area (Å²) in [5.74, 6) is 0. The lowest BCUT2D eigenvalue weighted by Gasteiger charge is -2.33. The maximum atomic E-state index is 12.9. The van der Waals surface area contributed by atoms with E-state index in [4.69, 9.17) is 0 Å². The lowest BCUT2D eigenvalue weighted by Crippen LogP contribution is -2.52. The van der Waals surface area contributed by atoms with Crippen molar-refractivity contribution in [2.24, 2.45) is 7.05 Å². The fraction of sp³-hybridized carbons (Fsp3) is 0.588. The summed E-state index contributed by atoms with van der Waals surface area (Å²) in [6, 6.07) is 0.00914. The van der Waals surface area contributed by atoms with E-state index in [-0.39, 0.29) is 23.8 Å². The van der Waals surface area contributed by atoms with E-state index < -0.39 is 11.6 Å². The molecule has 26 heavy (non-hydrogen) atoms. The Morgan fingerprint density at radius 2 is 1.96 bits per heavy atom. The molecule has 2 aromatic rings. The average molecular weight is 380 g/mol. The Bertz CT molecular complexity index is 991. The summed E-state index contributed by atoms with van der Waals surface area (Å²) in [7, 11) is 1.68. The number of nitrogens with zero attached hydrogens (tertiary/aromatic N) is 3. The van der Waals surface area contributed by atoms with Crippen molar-refractivity contribution in [2.45, 2.75) is 58.7 Å². The van der Waals surface area contributed by atoms with Crippen LogP contribution in [0.3, 0.4) is 0 Å². The van der Waals surface area contributed by atoms with Gasteiger partial charge in [0, 0.05) is 18.0 Å². The molecule has 0 atom stereocenters. The van der Waals surface area contributed by atoms with Crippen molar-refractivity contribution < 1.29 is 9.90 Å². The van der Waals surface area contributed by atoms with E-state index in [1.807, 2.05) is 6.92 Å². The van der Waals surface area contributed by atoms with Crippen LogP contribution in [-0.4, -0.2) is 30.9 Å². The number of carboxylic acid groups (broad SMARTS) is 1. The van der Waals surface area contributed by atoms with Gasteiger partial charge in [0.1, 0.15) is 4.83 Å². The Hall–Kier alpha value is -2.13. The molecule has 0 spiro atoms. The minimum Gasteiger partial charge on any atom is -0.464 e. The van der Waals surface area contributed by atoms with Crippen molar-refractivity contribution in [3.63, 3.8) is 0 Å². The van der Waals surface area contributed by atoms with Crippen LogP contribution in [0.1, 0.15) is 50.1 Å². The van der Waals surface area contributed by atoms with Crippen LogP contribution in [0.2, 0.25) is 0 Å². The molecule has 0 aromatic carbocycles. The number of hydrazine groups is 1. The quantitative estimate of drug-likeness (QED) is 0.793. The van der Waals surface area contributed by atoms with Crippen LogP contribution in [0, 0.1) is 6.92 Å². The molecule has 2 aromatic heterocycles. The highest BCUT2D eigenvalue weighted by Gasteiger charge is 2.30. The number of hydrogen-bond donors (Lipinski definition) is 2. The Kier molecular flexibility index (Phi) is 4.48. The first-order valence-electron chi connectivity index (χ1n) is 8.54. The van der Waals surface area contributed by atoms with Crippen LogP contribution < -0.4 is 16.7 Å². The first-order chi connectivity index (χ1) is 12.0. The molecular formula is C17H24N4O4S. The number of thiophene rings is 1. The molecule has 9 heteroatoms. The van der Waals surface area contributed by atoms with E-state index in [2.05, 4.69) is 5.43 Å². The van der Waals surface area contributed by atoms with Crippen molar-refractivity contribution in [3.05, 3.63) is 31.3 Å². The first kappa shape index (κ1) is 18.7. The third kappa shape index (κ3) is 3.05. The predicted octanol–water partition coefficient (Wildman–Crippen LogP) is 2.19. The second-order valence-corrected chi connectivity index (χ2v) is 8.79. The smallest absolute Gasteiger partial charge is 0.422 e. The van der Waals surface area contributed by atoms with Crippen molar-refractivity contribution >= 4 is 27.6 Å². The summed E-state index contributed by atoms with van der Waals surface area (Å²) in [5.41, 5.74) is 2.59. The van der Waals surface area contributed by atoms with Gasteiger partial charge in [-0.05, 0) is 46.1 Å². The zero-order valence-corrected chi connectivity index (χ0v) is 16.4. The Labute approximate surface area is 154 Å². The molecule has 3 rings (SSSR count). The van der Waals surface area contributed by atoms with Gasteiger partial charge >= 0.3 is 11.8 Å². The van der Waals surface area contributed by atoms with Crippen molar-refractivity contribution in [1.29, 1.82) is 0 Å². The summed E-state index contributed by atoms with van der Waals surface area (Å²) in [6.07, 6.45) is 0.647. The average Bonchev–Trinajstić information content (AvgIpc) is 3.28. The van der Waals surface area contributed by atoms with Crippen LogP contribution in [0.15, 0.2) is 9.59 Å². The summed E-state index contributed by atoms with van der Waals surface area (Å²) in [6.45, 7) is 7.50. The van der Waals surface area contributed by atoms with Gasteiger partial charge in [0.05, 0.1) is 17.5 Å². The number of nitrogens with one attached hydrogen (secondary N) is 1. The Balaban J connectivity index is 2.04. The van der Waals surface area contributed by atoms with E-state index in [1.165, 1.54) is 20.5 Å². The number of aryl methyl sites for hydroxylation is 2. The number of aromatic nitrogens is 2. The second-order valence-electron chi connectivity index (χ2n) is 7.70. The van der Waals surface area contributed by atoms with Gasteiger partial charge in [0.2, 0.25) is 0 Å². The van der Waals surface area contributed by atoms with Gasteiger partial charge in [-0.3, -0.25) is 13.9 Å². The van der Waals surface area contributed by atoms with Gasteiger partial charge in [0.15, 0.2) is 0 Å². The number of rotatable bonds is 4. The predicted molar refractivity (Wildman–Crippen MR) is 101 cm³/mol. The lowest BCUT2D eigenvalue weighted by atomic mass is 10.1. The molecule has 0 saturated heterocycles. The monoisotopic (exact) mass is 380 g/mol. The fourth-order valence-electron chi connectivity index (χ4n) is 3.05. The molecule has 1 aliphatic carbocycles. The minimum absolute atomic E-state index is 0.00914. The van der Waals surface area contributed by atoms with E-state index in [1.54, 1.807) is 27.8 Å². The molecule has 0 unspecified atom stereocenters. The third-order valence-corrected chi connectivity index (χ3v) is 6.00. The molecule has 0 bridgehead atoms. The van der Waals surface area contributed by atoms with Gasteiger partial charge in [-0.2, -0.15) is 0 Å². The maximum absolute atomic E-state index is 12.9. The summed E-state index contributed by atoms with van der Waals surface area (Å²) in [5, 5.41) is 11.1. The summed E-state index contributed by atoms with van der Waals surface area (Å²) in [4.78, 5) is 38.3. The lowest BCUT2D eigenvalue weighted by molar-refractivity contribution is 0.0626. The molecule has 142 valence electrons. The normalized spacial score (nSPS) is 14.8. The minimum atomic E-state index is -1.07. The molecule has 2 N–H and O–H groups in total. The molecule has 1 fully saturated rings. The molecule has 0 radical (unpaired) electrons. The van der Waals surface area contributed by atoms with Crippen molar-refractivity contribution in [3.8, 4) is 0 Å². The molecule has 8 nitrogen and oxygen atoms in total. The largest absolute Gasteiger partial charge is 0.464 e. The summed E-state index contributed by atoms with van der Waals surface area (Å²) < 4.78 is 2.88. The molecule has 1 saturated carbocycles. The highest BCUT2D eigenvalue weighted by Crippen LogP contribution is 2.34. The first-order valence-corrected chi connectivity index (χ1v) is 9.35. The summed E-state index contributed by atoms with van der Waals surface area (Å²) >= 11 is 1.35. The third-order valence-electron chi connectivity index (χ3n) is 4.63. The highest BCUT2D eigenvalue weighted by atomic mass is 32.1. The molecule has 1 aliphatic rings. The SMILES string of the molecule is Cc1c(CNN(C(=O)O)C(C)(C)C)sc2c1c(=O)n(C1CC1)c(=O)n2C. The topological polar surface area (TPSA) is 96.6 Å². The highest BCUT2D eigenvalue weighted by molar-refractivity contribution is 7.18. The number of carbonyl (C=O) groups is 1. The number of fused-ring (bicyclic) bond motifs is 1.